The number of ether oxygens (including phenoxy) is 1. The lowest BCUT2D eigenvalue weighted by atomic mass is 9.75. The van der Waals surface area contributed by atoms with Gasteiger partial charge in [0, 0.05) is 19.5 Å². The summed E-state index contributed by atoms with van der Waals surface area (Å²) in [6.45, 7) is 3.10. The minimum Gasteiger partial charge on any atom is -0.392 e. The molecule has 6 nitrogen and oxygen atoms in total. The average molecular weight is 349 g/mol. The highest BCUT2D eigenvalue weighted by Crippen LogP contribution is 2.39. The number of carbonyl (C=O) groups is 1. The van der Waals surface area contributed by atoms with Crippen LogP contribution >= 0.6 is 0 Å². The lowest BCUT2D eigenvalue weighted by Crippen LogP contribution is -2.64. The van der Waals surface area contributed by atoms with E-state index in [0.717, 1.165) is 11.1 Å². The highest BCUT2D eigenvalue weighted by Gasteiger charge is 2.52. The first-order valence-corrected chi connectivity index (χ1v) is 8.87. The molecule has 1 unspecified atom stereocenters. The van der Waals surface area contributed by atoms with Gasteiger partial charge in [-0.25, -0.2) is 0 Å². The molecule has 2 atom stereocenters. The zero-order chi connectivity index (χ0) is 18.1. The Morgan fingerprint density at radius 3 is 2.40 bits per heavy atom. The van der Waals surface area contributed by atoms with E-state index < -0.39 is 17.3 Å². The molecule has 1 amide bonds. The summed E-state index contributed by atoms with van der Waals surface area (Å²) in [6, 6.07) is 7.37. The number of piperidine rings is 1. The topological polar surface area (TPSA) is 90.2 Å². The van der Waals surface area contributed by atoms with Gasteiger partial charge in [-0.15, -0.1) is 0 Å². The summed E-state index contributed by atoms with van der Waals surface area (Å²) < 4.78 is 5.85. The molecule has 25 heavy (non-hydrogen) atoms. The van der Waals surface area contributed by atoms with Crippen LogP contribution < -0.4 is 0 Å². The molecule has 0 aromatic heterocycles. The second-order valence-corrected chi connectivity index (χ2v) is 7.46. The van der Waals surface area contributed by atoms with E-state index in [1.165, 1.54) is 0 Å². The number of aliphatic hydroxyl groups is 3. The quantitative estimate of drug-likeness (QED) is 0.744. The molecule has 2 aliphatic rings. The molecule has 2 aliphatic heterocycles. The summed E-state index contributed by atoms with van der Waals surface area (Å²) in [7, 11) is 0. The van der Waals surface area contributed by atoms with Crippen molar-refractivity contribution >= 4 is 5.91 Å². The fraction of sp³-hybridized carbons (Fsp3) is 0.632. The van der Waals surface area contributed by atoms with Gasteiger partial charge in [0.05, 0.1) is 25.2 Å². The van der Waals surface area contributed by atoms with Crippen LogP contribution in [0.25, 0.3) is 0 Å². The van der Waals surface area contributed by atoms with Gasteiger partial charge in [-0.1, -0.05) is 24.3 Å². The van der Waals surface area contributed by atoms with Gasteiger partial charge in [-0.05, 0) is 30.9 Å². The molecule has 2 saturated heterocycles. The van der Waals surface area contributed by atoms with Crippen LogP contribution in [-0.2, 0) is 22.6 Å². The molecule has 0 saturated carbocycles. The van der Waals surface area contributed by atoms with E-state index >= 15 is 0 Å². The van der Waals surface area contributed by atoms with Crippen LogP contribution in [-0.4, -0.2) is 63.1 Å². The molecule has 3 rings (SSSR count). The van der Waals surface area contributed by atoms with Crippen molar-refractivity contribution in [2.24, 2.45) is 0 Å². The van der Waals surface area contributed by atoms with E-state index in [1.807, 2.05) is 24.3 Å². The number of rotatable bonds is 3. The molecule has 1 spiro atoms. The third-order valence-corrected chi connectivity index (χ3v) is 5.61. The van der Waals surface area contributed by atoms with Crippen LogP contribution in [0.4, 0.5) is 0 Å². The Kier molecular flexibility index (Phi) is 5.16. The largest absolute Gasteiger partial charge is 0.392 e. The molecule has 0 aliphatic carbocycles. The molecular formula is C19H27NO5. The van der Waals surface area contributed by atoms with Gasteiger partial charge in [0.25, 0.3) is 0 Å². The standard InChI is InChI=1S/C19H27NO5/c1-18(24)8-11-25-19(17(18)23)6-9-20(10-7-19)16(22)12-14-2-4-15(13-21)5-3-14/h2-5,17,21,23-24H,6-13H2,1H3/t17?,18-/m1/s1. The maximum atomic E-state index is 12.5. The van der Waals surface area contributed by atoms with E-state index in [0.29, 0.717) is 45.4 Å². The van der Waals surface area contributed by atoms with Gasteiger partial charge in [-0.3, -0.25) is 4.79 Å². The lowest BCUT2D eigenvalue weighted by Gasteiger charge is -2.51. The Morgan fingerprint density at radius 2 is 1.80 bits per heavy atom. The van der Waals surface area contributed by atoms with Crippen LogP contribution in [0.3, 0.4) is 0 Å². The van der Waals surface area contributed by atoms with E-state index in [2.05, 4.69) is 0 Å². The number of aliphatic hydroxyl groups excluding tert-OH is 2. The molecule has 138 valence electrons. The number of likely N-dealkylation sites (tertiary alicyclic amines) is 1. The highest BCUT2D eigenvalue weighted by molar-refractivity contribution is 5.78. The van der Waals surface area contributed by atoms with Crippen LogP contribution in [0.15, 0.2) is 24.3 Å². The first-order valence-electron chi connectivity index (χ1n) is 8.87. The van der Waals surface area contributed by atoms with Gasteiger partial charge >= 0.3 is 0 Å². The number of hydrogen-bond acceptors (Lipinski definition) is 5. The summed E-state index contributed by atoms with van der Waals surface area (Å²) in [6.07, 6.45) is 0.860. The number of benzene rings is 1. The number of nitrogens with zero attached hydrogens (tertiary/aromatic N) is 1. The smallest absolute Gasteiger partial charge is 0.226 e. The number of amides is 1. The van der Waals surface area contributed by atoms with Crippen molar-refractivity contribution in [1.82, 2.24) is 4.90 Å². The zero-order valence-corrected chi connectivity index (χ0v) is 14.6. The van der Waals surface area contributed by atoms with Gasteiger partial charge < -0.3 is 25.0 Å². The normalized spacial score (nSPS) is 29.0. The van der Waals surface area contributed by atoms with Crippen LogP contribution in [0.1, 0.15) is 37.3 Å². The predicted octanol–water partition coefficient (Wildman–Crippen LogP) is 0.615. The van der Waals surface area contributed by atoms with Gasteiger partial charge in [-0.2, -0.15) is 0 Å². The minimum absolute atomic E-state index is 0.00542. The molecular weight excluding hydrogens is 322 g/mol. The molecule has 2 fully saturated rings. The molecule has 2 heterocycles. The molecule has 6 heteroatoms. The Hall–Kier alpha value is -1.47. The summed E-state index contributed by atoms with van der Waals surface area (Å²) in [4.78, 5) is 14.3. The lowest BCUT2D eigenvalue weighted by molar-refractivity contribution is -0.245. The van der Waals surface area contributed by atoms with E-state index in [9.17, 15) is 15.0 Å². The van der Waals surface area contributed by atoms with Crippen molar-refractivity contribution in [1.29, 1.82) is 0 Å². The Bertz CT molecular complexity index is 605. The van der Waals surface area contributed by atoms with E-state index in [4.69, 9.17) is 9.84 Å². The number of hydrogen-bond donors (Lipinski definition) is 3. The fourth-order valence-corrected chi connectivity index (χ4v) is 3.84. The molecule has 1 aromatic rings. The summed E-state index contributed by atoms with van der Waals surface area (Å²) in [5.74, 6) is 0.0451. The summed E-state index contributed by atoms with van der Waals surface area (Å²) >= 11 is 0. The second-order valence-electron chi connectivity index (χ2n) is 7.46. The van der Waals surface area contributed by atoms with Crippen molar-refractivity contribution in [3.05, 3.63) is 35.4 Å². The maximum absolute atomic E-state index is 12.5. The van der Waals surface area contributed by atoms with Crippen LogP contribution in [0.5, 0.6) is 0 Å². The Morgan fingerprint density at radius 1 is 1.20 bits per heavy atom. The highest BCUT2D eigenvalue weighted by atomic mass is 16.5. The van der Waals surface area contributed by atoms with Gasteiger partial charge in [0.2, 0.25) is 5.91 Å². The summed E-state index contributed by atoms with van der Waals surface area (Å²) in [5, 5.41) is 29.9. The second kappa shape index (κ2) is 7.03. The third-order valence-electron chi connectivity index (χ3n) is 5.61. The SMILES string of the molecule is C[C@@]1(O)CCOC2(CCN(C(=O)Cc3ccc(CO)cc3)CC2)C1O. The minimum atomic E-state index is -1.14. The maximum Gasteiger partial charge on any atom is 0.226 e. The third kappa shape index (κ3) is 3.72. The van der Waals surface area contributed by atoms with Gasteiger partial charge in [0.1, 0.15) is 11.7 Å². The number of carbonyl (C=O) groups excluding carboxylic acids is 1. The molecule has 0 radical (unpaired) electrons. The molecule has 1 aromatic carbocycles. The monoisotopic (exact) mass is 349 g/mol. The van der Waals surface area contributed by atoms with Crippen molar-refractivity contribution < 1.29 is 24.9 Å². The molecule has 3 N–H and O–H groups in total. The van der Waals surface area contributed by atoms with Crippen molar-refractivity contribution in [2.75, 3.05) is 19.7 Å². The van der Waals surface area contributed by atoms with Crippen LogP contribution in [0, 0.1) is 0 Å². The fourth-order valence-electron chi connectivity index (χ4n) is 3.84. The summed E-state index contributed by atoms with van der Waals surface area (Å²) in [5.41, 5.74) is -0.147. The van der Waals surface area contributed by atoms with Crippen LogP contribution in [0.2, 0.25) is 0 Å². The Balaban J connectivity index is 1.59. The average Bonchev–Trinajstić information content (AvgIpc) is 2.61. The first-order chi connectivity index (χ1) is 11.9. The Labute approximate surface area is 148 Å². The van der Waals surface area contributed by atoms with E-state index in [1.54, 1.807) is 11.8 Å². The predicted molar refractivity (Wildman–Crippen MR) is 91.8 cm³/mol. The van der Waals surface area contributed by atoms with Crippen molar-refractivity contribution in [3.8, 4) is 0 Å². The van der Waals surface area contributed by atoms with E-state index in [-0.39, 0.29) is 12.5 Å². The first kappa shape index (κ1) is 18.3. The zero-order valence-electron chi connectivity index (χ0n) is 14.6. The van der Waals surface area contributed by atoms with Crippen molar-refractivity contribution in [3.63, 3.8) is 0 Å². The molecule has 0 bridgehead atoms. The van der Waals surface area contributed by atoms with Gasteiger partial charge in [0.15, 0.2) is 0 Å². The van der Waals surface area contributed by atoms with Crippen molar-refractivity contribution in [2.45, 2.75) is 56.5 Å².